The molecule has 0 saturated heterocycles. The van der Waals surface area contributed by atoms with E-state index in [1.807, 2.05) is 12.1 Å². The summed E-state index contributed by atoms with van der Waals surface area (Å²) in [5.41, 5.74) is 0. The Morgan fingerprint density at radius 1 is 1.00 bits per heavy atom. The second kappa shape index (κ2) is 2.90. The molecule has 0 fully saturated rings. The standard InChI is InChI=1S/C9H8N2O2/c12-8-3-4-9(13)11(8)7-10-5-1-2-6-10/h1-6H,7H2. The third kappa shape index (κ3) is 1.38. The molecule has 1 aromatic heterocycles. The molecule has 0 aromatic carbocycles. The van der Waals surface area contributed by atoms with Crippen molar-refractivity contribution in [1.29, 1.82) is 0 Å². The van der Waals surface area contributed by atoms with Crippen LogP contribution in [0, 0.1) is 0 Å². The number of carbonyl (C=O) groups is 2. The van der Waals surface area contributed by atoms with Crippen molar-refractivity contribution in [3.8, 4) is 0 Å². The van der Waals surface area contributed by atoms with Crippen molar-refractivity contribution in [1.82, 2.24) is 9.47 Å². The van der Waals surface area contributed by atoms with Crippen LogP contribution in [-0.2, 0) is 16.3 Å². The van der Waals surface area contributed by atoms with Gasteiger partial charge in [0, 0.05) is 24.5 Å². The average molecular weight is 176 g/mol. The molecule has 0 aliphatic carbocycles. The minimum absolute atomic E-state index is 0.251. The van der Waals surface area contributed by atoms with Gasteiger partial charge < -0.3 is 4.57 Å². The Hall–Kier alpha value is -1.84. The fraction of sp³-hybridized carbons (Fsp3) is 0.111. The van der Waals surface area contributed by atoms with E-state index in [2.05, 4.69) is 0 Å². The molecule has 0 atom stereocenters. The molecule has 2 rings (SSSR count). The number of nitrogens with zero attached hydrogens (tertiary/aromatic N) is 2. The minimum Gasteiger partial charge on any atom is -0.336 e. The van der Waals surface area contributed by atoms with Crippen LogP contribution in [0.1, 0.15) is 0 Å². The lowest BCUT2D eigenvalue weighted by Crippen LogP contribution is -2.31. The first-order valence-corrected chi connectivity index (χ1v) is 3.91. The summed E-state index contributed by atoms with van der Waals surface area (Å²) in [7, 11) is 0. The summed E-state index contributed by atoms with van der Waals surface area (Å²) in [5, 5.41) is 0. The molecule has 0 unspecified atom stereocenters. The minimum atomic E-state index is -0.251. The first-order chi connectivity index (χ1) is 6.27. The first-order valence-electron chi connectivity index (χ1n) is 3.91. The van der Waals surface area contributed by atoms with E-state index in [-0.39, 0.29) is 18.5 Å². The van der Waals surface area contributed by atoms with Crippen LogP contribution in [0.2, 0.25) is 0 Å². The van der Waals surface area contributed by atoms with Gasteiger partial charge in [0.1, 0.15) is 6.67 Å². The Bertz CT molecular complexity index is 347. The summed E-state index contributed by atoms with van der Waals surface area (Å²) in [6.45, 7) is 0.289. The zero-order valence-electron chi connectivity index (χ0n) is 6.88. The molecule has 4 heteroatoms. The van der Waals surface area contributed by atoms with E-state index < -0.39 is 0 Å². The van der Waals surface area contributed by atoms with Crippen LogP contribution in [0.15, 0.2) is 36.7 Å². The van der Waals surface area contributed by atoms with E-state index in [0.717, 1.165) is 0 Å². The van der Waals surface area contributed by atoms with Crippen LogP contribution in [-0.4, -0.2) is 21.3 Å². The molecule has 66 valence electrons. The quantitative estimate of drug-likeness (QED) is 0.611. The van der Waals surface area contributed by atoms with Gasteiger partial charge in [-0.3, -0.25) is 14.5 Å². The van der Waals surface area contributed by atoms with Gasteiger partial charge in [-0.05, 0) is 12.1 Å². The lowest BCUT2D eigenvalue weighted by molar-refractivity contribution is -0.138. The number of amides is 2. The Morgan fingerprint density at radius 3 is 2.08 bits per heavy atom. The summed E-state index contributed by atoms with van der Waals surface area (Å²) in [5.74, 6) is -0.502. The number of imide groups is 1. The highest BCUT2D eigenvalue weighted by atomic mass is 16.2. The van der Waals surface area contributed by atoms with Crippen LogP contribution in [0.3, 0.4) is 0 Å². The average Bonchev–Trinajstić information content (AvgIpc) is 2.70. The lowest BCUT2D eigenvalue weighted by Gasteiger charge is -2.13. The van der Waals surface area contributed by atoms with Gasteiger partial charge in [0.05, 0.1) is 0 Å². The van der Waals surface area contributed by atoms with Crippen LogP contribution in [0.5, 0.6) is 0 Å². The maximum atomic E-state index is 11.1. The van der Waals surface area contributed by atoms with Gasteiger partial charge in [-0.25, -0.2) is 0 Å². The van der Waals surface area contributed by atoms with Crippen molar-refractivity contribution in [2.75, 3.05) is 0 Å². The SMILES string of the molecule is O=C1C=CC(=O)N1Cn1cccc1. The summed E-state index contributed by atoms with van der Waals surface area (Å²) in [6, 6.07) is 3.69. The topological polar surface area (TPSA) is 42.3 Å². The Kier molecular flexibility index (Phi) is 1.73. The van der Waals surface area contributed by atoms with E-state index in [0.29, 0.717) is 0 Å². The van der Waals surface area contributed by atoms with E-state index in [4.69, 9.17) is 0 Å². The molecule has 1 aliphatic rings. The number of hydrogen-bond acceptors (Lipinski definition) is 2. The van der Waals surface area contributed by atoms with E-state index in [9.17, 15) is 9.59 Å². The predicted molar refractivity (Wildman–Crippen MR) is 45.4 cm³/mol. The third-order valence-electron chi connectivity index (χ3n) is 1.87. The molecule has 4 nitrogen and oxygen atoms in total. The normalized spacial score (nSPS) is 15.8. The Balaban J connectivity index is 2.11. The lowest BCUT2D eigenvalue weighted by atomic mass is 10.6. The molecule has 0 saturated carbocycles. The van der Waals surface area contributed by atoms with Gasteiger partial charge in [0.15, 0.2) is 0 Å². The third-order valence-corrected chi connectivity index (χ3v) is 1.87. The van der Waals surface area contributed by atoms with Crippen LogP contribution >= 0.6 is 0 Å². The first kappa shape index (κ1) is 7.79. The number of hydrogen-bond donors (Lipinski definition) is 0. The smallest absolute Gasteiger partial charge is 0.255 e. The zero-order chi connectivity index (χ0) is 9.26. The second-order valence-electron chi connectivity index (χ2n) is 2.78. The van der Waals surface area contributed by atoms with Crippen molar-refractivity contribution in [2.45, 2.75) is 6.67 Å². The molecule has 0 bridgehead atoms. The number of carbonyl (C=O) groups excluding carboxylic acids is 2. The maximum absolute atomic E-state index is 11.1. The monoisotopic (exact) mass is 176 g/mol. The zero-order valence-corrected chi connectivity index (χ0v) is 6.88. The van der Waals surface area contributed by atoms with Gasteiger partial charge >= 0.3 is 0 Å². The predicted octanol–water partition coefficient (Wildman–Crippen LogP) is 0.371. The van der Waals surface area contributed by atoms with Crippen LogP contribution in [0.4, 0.5) is 0 Å². The molecule has 2 heterocycles. The fourth-order valence-corrected chi connectivity index (χ4v) is 1.20. The van der Waals surface area contributed by atoms with Crippen LogP contribution in [0.25, 0.3) is 0 Å². The largest absolute Gasteiger partial charge is 0.336 e. The number of rotatable bonds is 2. The van der Waals surface area contributed by atoms with Crippen molar-refractivity contribution in [2.24, 2.45) is 0 Å². The molecule has 0 radical (unpaired) electrons. The maximum Gasteiger partial charge on any atom is 0.255 e. The van der Waals surface area contributed by atoms with E-state index in [1.54, 1.807) is 17.0 Å². The molecule has 1 aromatic rings. The highest BCUT2D eigenvalue weighted by Crippen LogP contribution is 2.05. The molecular formula is C9H8N2O2. The molecule has 0 N–H and O–H groups in total. The molecule has 1 aliphatic heterocycles. The molecule has 2 amide bonds. The van der Waals surface area contributed by atoms with Crippen molar-refractivity contribution in [3.63, 3.8) is 0 Å². The van der Waals surface area contributed by atoms with E-state index in [1.165, 1.54) is 17.1 Å². The Labute approximate surface area is 75.1 Å². The highest BCUT2D eigenvalue weighted by molar-refractivity contribution is 6.12. The van der Waals surface area contributed by atoms with Crippen molar-refractivity contribution < 1.29 is 9.59 Å². The van der Waals surface area contributed by atoms with Gasteiger partial charge in [0.2, 0.25) is 0 Å². The highest BCUT2D eigenvalue weighted by Gasteiger charge is 2.22. The van der Waals surface area contributed by atoms with Crippen molar-refractivity contribution in [3.05, 3.63) is 36.7 Å². The number of aromatic nitrogens is 1. The summed E-state index contributed by atoms with van der Waals surface area (Å²) < 4.78 is 1.77. The van der Waals surface area contributed by atoms with E-state index >= 15 is 0 Å². The second-order valence-corrected chi connectivity index (χ2v) is 2.78. The van der Waals surface area contributed by atoms with Gasteiger partial charge in [-0.2, -0.15) is 0 Å². The summed E-state index contributed by atoms with van der Waals surface area (Å²) >= 11 is 0. The van der Waals surface area contributed by atoms with Gasteiger partial charge in [0.25, 0.3) is 11.8 Å². The van der Waals surface area contributed by atoms with Gasteiger partial charge in [-0.15, -0.1) is 0 Å². The molecule has 0 spiro atoms. The van der Waals surface area contributed by atoms with Gasteiger partial charge in [-0.1, -0.05) is 0 Å². The summed E-state index contributed by atoms with van der Waals surface area (Å²) in [6.07, 6.45) is 6.18. The Morgan fingerprint density at radius 2 is 1.54 bits per heavy atom. The van der Waals surface area contributed by atoms with Crippen LogP contribution < -0.4 is 0 Å². The summed E-state index contributed by atoms with van der Waals surface area (Å²) in [4.78, 5) is 23.4. The molecule has 13 heavy (non-hydrogen) atoms. The van der Waals surface area contributed by atoms with Crippen molar-refractivity contribution >= 4 is 11.8 Å². The molecular weight excluding hydrogens is 168 g/mol. The fourth-order valence-electron chi connectivity index (χ4n) is 1.20.